The lowest BCUT2D eigenvalue weighted by Gasteiger charge is -2.05. The number of carbonyl (C=O) groups is 2. The van der Waals surface area contributed by atoms with E-state index < -0.39 is 5.97 Å². The van der Waals surface area contributed by atoms with Gasteiger partial charge in [-0.2, -0.15) is 0 Å². The minimum Gasteiger partial charge on any atom is -0.478 e. The molecule has 0 atom stereocenters. The van der Waals surface area contributed by atoms with Crippen molar-refractivity contribution in [2.24, 2.45) is 0 Å². The fourth-order valence-electron chi connectivity index (χ4n) is 1.29. The van der Waals surface area contributed by atoms with Crippen LogP contribution in [0.25, 0.3) is 6.08 Å². The molecule has 1 aromatic rings. The Morgan fingerprint density at radius 2 is 2.11 bits per heavy atom. The van der Waals surface area contributed by atoms with Gasteiger partial charge in [-0.1, -0.05) is 24.3 Å². The van der Waals surface area contributed by atoms with E-state index in [-0.39, 0.29) is 11.7 Å². The smallest absolute Gasteiger partial charge is 0.328 e. The first-order valence-electron chi connectivity index (χ1n) is 5.27. The van der Waals surface area contributed by atoms with E-state index in [0.717, 1.165) is 17.2 Å². The number of aliphatic carboxylic acids is 1. The summed E-state index contributed by atoms with van der Waals surface area (Å²) in [7, 11) is 1.35. The molecular formula is C13H14O4S. The van der Waals surface area contributed by atoms with Crippen molar-refractivity contribution >= 4 is 29.8 Å². The Hall–Kier alpha value is -1.75. The Labute approximate surface area is 110 Å². The predicted octanol–water partition coefficient (Wildman–Crippen LogP) is 2.19. The van der Waals surface area contributed by atoms with Gasteiger partial charge < -0.3 is 9.84 Å². The third kappa shape index (κ3) is 5.05. The van der Waals surface area contributed by atoms with Crippen LogP contribution >= 0.6 is 11.8 Å². The van der Waals surface area contributed by atoms with E-state index in [4.69, 9.17) is 5.11 Å². The normalized spacial score (nSPS) is 10.5. The van der Waals surface area contributed by atoms with Gasteiger partial charge >= 0.3 is 11.9 Å². The summed E-state index contributed by atoms with van der Waals surface area (Å²) in [5, 5.41) is 8.59. The molecule has 0 bridgehead atoms. The number of hydrogen-bond donors (Lipinski definition) is 1. The molecule has 0 fully saturated rings. The number of methoxy groups -OCH3 is 1. The standard InChI is InChI=1S/C13H14O4S/c1-17-13(16)9-18-8-11-5-3-2-4-10(11)6-7-12(14)15/h2-7H,8-9H2,1H3,(H,14,15)/b7-6+. The highest BCUT2D eigenvalue weighted by molar-refractivity contribution is 7.99. The maximum absolute atomic E-state index is 11.0. The number of thioether (sulfide) groups is 1. The maximum Gasteiger partial charge on any atom is 0.328 e. The van der Waals surface area contributed by atoms with Crippen molar-refractivity contribution in [1.82, 2.24) is 0 Å². The first-order chi connectivity index (χ1) is 8.63. The SMILES string of the molecule is COC(=O)CSCc1ccccc1/C=C/C(=O)O. The summed E-state index contributed by atoms with van der Waals surface area (Å²) >= 11 is 1.43. The van der Waals surface area contributed by atoms with E-state index in [9.17, 15) is 9.59 Å². The highest BCUT2D eigenvalue weighted by Crippen LogP contribution is 2.18. The molecule has 5 heteroatoms. The number of esters is 1. The molecule has 0 heterocycles. The number of hydrogen-bond acceptors (Lipinski definition) is 4. The van der Waals surface area contributed by atoms with E-state index in [0.29, 0.717) is 5.75 Å². The first-order valence-corrected chi connectivity index (χ1v) is 6.42. The van der Waals surface area contributed by atoms with Gasteiger partial charge in [0.05, 0.1) is 12.9 Å². The second-order valence-electron chi connectivity index (χ2n) is 3.44. The monoisotopic (exact) mass is 266 g/mol. The maximum atomic E-state index is 11.0. The molecule has 0 saturated heterocycles. The van der Waals surface area contributed by atoms with Crippen LogP contribution in [0.4, 0.5) is 0 Å². The van der Waals surface area contributed by atoms with E-state index in [1.807, 2.05) is 24.3 Å². The molecule has 1 N–H and O–H groups in total. The van der Waals surface area contributed by atoms with Crippen molar-refractivity contribution in [2.75, 3.05) is 12.9 Å². The third-order valence-corrected chi connectivity index (χ3v) is 3.12. The molecule has 18 heavy (non-hydrogen) atoms. The molecule has 0 aromatic heterocycles. The first kappa shape index (κ1) is 14.3. The zero-order chi connectivity index (χ0) is 13.4. The summed E-state index contributed by atoms with van der Waals surface area (Å²) in [4.78, 5) is 21.4. The molecule has 0 aliphatic rings. The van der Waals surface area contributed by atoms with Crippen LogP contribution in [0.5, 0.6) is 0 Å². The number of carbonyl (C=O) groups excluding carboxylic acids is 1. The highest BCUT2D eigenvalue weighted by Gasteiger charge is 2.03. The molecule has 0 saturated carbocycles. The molecule has 0 radical (unpaired) electrons. The van der Waals surface area contributed by atoms with Gasteiger partial charge in [-0.15, -0.1) is 11.8 Å². The average molecular weight is 266 g/mol. The highest BCUT2D eigenvalue weighted by atomic mass is 32.2. The van der Waals surface area contributed by atoms with Crippen molar-refractivity contribution in [3.63, 3.8) is 0 Å². The number of benzene rings is 1. The summed E-state index contributed by atoms with van der Waals surface area (Å²) < 4.78 is 4.55. The van der Waals surface area contributed by atoms with E-state index >= 15 is 0 Å². The van der Waals surface area contributed by atoms with Gasteiger partial charge in [0.2, 0.25) is 0 Å². The number of ether oxygens (including phenoxy) is 1. The van der Waals surface area contributed by atoms with Gasteiger partial charge in [-0.25, -0.2) is 4.79 Å². The molecular weight excluding hydrogens is 252 g/mol. The van der Waals surface area contributed by atoms with Crippen LogP contribution in [0.15, 0.2) is 30.3 Å². The quantitative estimate of drug-likeness (QED) is 0.631. The summed E-state index contributed by atoms with van der Waals surface area (Å²) in [6.07, 6.45) is 2.65. The van der Waals surface area contributed by atoms with Crippen LogP contribution in [-0.2, 0) is 20.1 Å². The van der Waals surface area contributed by atoms with Crippen molar-refractivity contribution in [1.29, 1.82) is 0 Å². The van der Waals surface area contributed by atoms with Crippen molar-refractivity contribution < 1.29 is 19.4 Å². The van der Waals surface area contributed by atoms with Crippen LogP contribution in [0.1, 0.15) is 11.1 Å². The second-order valence-corrected chi connectivity index (χ2v) is 4.42. The topological polar surface area (TPSA) is 63.6 Å². The minimum atomic E-state index is -0.980. The van der Waals surface area contributed by atoms with Crippen LogP contribution < -0.4 is 0 Å². The zero-order valence-electron chi connectivity index (χ0n) is 9.96. The van der Waals surface area contributed by atoms with Crippen LogP contribution in [-0.4, -0.2) is 29.9 Å². The van der Waals surface area contributed by atoms with Gasteiger partial charge in [-0.05, 0) is 17.2 Å². The van der Waals surface area contributed by atoms with Gasteiger partial charge in [0.1, 0.15) is 0 Å². The number of carboxylic acid groups (broad SMARTS) is 1. The molecule has 0 spiro atoms. The Morgan fingerprint density at radius 3 is 2.78 bits per heavy atom. The molecule has 1 aromatic carbocycles. The summed E-state index contributed by atoms with van der Waals surface area (Å²) in [6, 6.07) is 7.47. The summed E-state index contributed by atoms with van der Waals surface area (Å²) in [5.74, 6) is -0.325. The molecule has 0 unspecified atom stereocenters. The van der Waals surface area contributed by atoms with Crippen molar-refractivity contribution in [3.05, 3.63) is 41.5 Å². The summed E-state index contributed by atoms with van der Waals surface area (Å²) in [5.41, 5.74) is 1.83. The Morgan fingerprint density at radius 1 is 1.39 bits per heavy atom. The zero-order valence-corrected chi connectivity index (χ0v) is 10.8. The van der Waals surface area contributed by atoms with Crippen LogP contribution in [0.3, 0.4) is 0 Å². The lowest BCUT2D eigenvalue weighted by atomic mass is 10.1. The number of carboxylic acids is 1. The van der Waals surface area contributed by atoms with Gasteiger partial charge in [-0.3, -0.25) is 4.79 Å². The van der Waals surface area contributed by atoms with Gasteiger partial charge in [0.15, 0.2) is 0 Å². The molecule has 0 aliphatic carbocycles. The lowest BCUT2D eigenvalue weighted by molar-refractivity contribution is -0.137. The van der Waals surface area contributed by atoms with Crippen LogP contribution in [0.2, 0.25) is 0 Å². The molecule has 0 aliphatic heterocycles. The number of rotatable bonds is 6. The van der Waals surface area contributed by atoms with Crippen molar-refractivity contribution in [3.8, 4) is 0 Å². The summed E-state index contributed by atoms with van der Waals surface area (Å²) in [6.45, 7) is 0. The van der Waals surface area contributed by atoms with Crippen molar-refractivity contribution in [2.45, 2.75) is 5.75 Å². The third-order valence-electron chi connectivity index (χ3n) is 2.17. The minimum absolute atomic E-state index is 0.265. The van der Waals surface area contributed by atoms with Gasteiger partial charge in [0.25, 0.3) is 0 Å². The van der Waals surface area contributed by atoms with E-state index in [1.165, 1.54) is 18.9 Å². The molecule has 1 rings (SSSR count). The lowest BCUT2D eigenvalue weighted by Crippen LogP contribution is -2.03. The Bertz CT molecular complexity index is 454. The molecule has 4 nitrogen and oxygen atoms in total. The largest absolute Gasteiger partial charge is 0.478 e. The second kappa shape index (κ2) is 7.55. The predicted molar refractivity (Wildman–Crippen MR) is 71.3 cm³/mol. The molecule has 0 amide bonds. The average Bonchev–Trinajstić information content (AvgIpc) is 2.37. The Balaban J connectivity index is 2.64. The molecule has 96 valence electrons. The van der Waals surface area contributed by atoms with E-state index in [2.05, 4.69) is 4.74 Å². The fraction of sp³-hybridized carbons (Fsp3) is 0.231. The van der Waals surface area contributed by atoms with Crippen LogP contribution in [0, 0.1) is 0 Å². The fourth-order valence-corrected chi connectivity index (χ4v) is 2.16. The van der Waals surface area contributed by atoms with E-state index in [1.54, 1.807) is 6.08 Å². The van der Waals surface area contributed by atoms with Gasteiger partial charge in [0, 0.05) is 11.8 Å². The Kier molecular flexibility index (Phi) is 6.00.